The minimum atomic E-state index is -0.237. The normalized spacial score (nSPS) is 16.1. The Hall–Kier alpha value is -3.22. The molecule has 2 N–H and O–H groups in total. The number of benzene rings is 1. The maximum atomic E-state index is 12.4. The van der Waals surface area contributed by atoms with E-state index >= 15 is 0 Å². The van der Waals surface area contributed by atoms with Gasteiger partial charge in [0.15, 0.2) is 0 Å². The van der Waals surface area contributed by atoms with E-state index < -0.39 is 0 Å². The highest BCUT2D eigenvalue weighted by molar-refractivity contribution is 5.93. The second-order valence-electron chi connectivity index (χ2n) is 5.96. The lowest BCUT2D eigenvalue weighted by atomic mass is 10.1. The SMILES string of the molecule is O=C(Nc1cccnc1-c1ccccc1)N[C@@H]1CCc2ncnn2C1. The molecule has 0 radical (unpaired) electrons. The quantitative estimate of drug-likeness (QED) is 0.770. The molecule has 3 aromatic rings. The summed E-state index contributed by atoms with van der Waals surface area (Å²) in [6.07, 6.45) is 4.94. The van der Waals surface area contributed by atoms with Crippen LogP contribution < -0.4 is 10.6 Å². The highest BCUT2D eigenvalue weighted by atomic mass is 16.2. The van der Waals surface area contributed by atoms with Crippen molar-refractivity contribution in [3.8, 4) is 11.3 Å². The van der Waals surface area contributed by atoms with E-state index in [0.29, 0.717) is 12.2 Å². The molecule has 2 aromatic heterocycles. The largest absolute Gasteiger partial charge is 0.333 e. The maximum Gasteiger partial charge on any atom is 0.319 e. The zero-order valence-corrected chi connectivity index (χ0v) is 13.6. The van der Waals surface area contributed by atoms with E-state index in [0.717, 1.165) is 29.9 Å². The molecule has 0 saturated heterocycles. The van der Waals surface area contributed by atoms with Crippen LogP contribution in [0.2, 0.25) is 0 Å². The van der Waals surface area contributed by atoms with Crippen molar-refractivity contribution in [3.63, 3.8) is 0 Å². The third-order valence-electron chi connectivity index (χ3n) is 4.24. The van der Waals surface area contributed by atoms with Crippen LogP contribution in [0.3, 0.4) is 0 Å². The van der Waals surface area contributed by atoms with Crippen molar-refractivity contribution in [2.45, 2.75) is 25.4 Å². The number of nitrogens with zero attached hydrogens (tertiary/aromatic N) is 4. The monoisotopic (exact) mass is 334 g/mol. The lowest BCUT2D eigenvalue weighted by molar-refractivity contribution is 0.243. The molecule has 1 aliphatic rings. The Bertz CT molecular complexity index is 876. The number of pyridine rings is 1. The predicted molar refractivity (Wildman–Crippen MR) is 94.0 cm³/mol. The summed E-state index contributed by atoms with van der Waals surface area (Å²) >= 11 is 0. The minimum Gasteiger partial charge on any atom is -0.333 e. The molecule has 2 amide bonds. The van der Waals surface area contributed by atoms with E-state index in [1.165, 1.54) is 0 Å². The Morgan fingerprint density at radius 2 is 2.00 bits per heavy atom. The lowest BCUT2D eigenvalue weighted by Gasteiger charge is -2.23. The summed E-state index contributed by atoms with van der Waals surface area (Å²) in [6, 6.07) is 13.3. The number of anilines is 1. The van der Waals surface area contributed by atoms with Gasteiger partial charge in [-0.05, 0) is 18.6 Å². The Balaban J connectivity index is 1.45. The molecule has 0 saturated carbocycles. The lowest BCUT2D eigenvalue weighted by Crippen LogP contribution is -2.43. The molecule has 7 heteroatoms. The van der Waals surface area contributed by atoms with Crippen molar-refractivity contribution in [1.29, 1.82) is 0 Å². The van der Waals surface area contributed by atoms with Crippen LogP contribution in [0.5, 0.6) is 0 Å². The van der Waals surface area contributed by atoms with E-state index in [9.17, 15) is 4.79 Å². The first kappa shape index (κ1) is 15.3. The Labute approximate surface area is 145 Å². The molecule has 0 spiro atoms. The summed E-state index contributed by atoms with van der Waals surface area (Å²) in [6.45, 7) is 0.640. The van der Waals surface area contributed by atoms with Crippen LogP contribution in [0.1, 0.15) is 12.2 Å². The molecule has 126 valence electrons. The zero-order chi connectivity index (χ0) is 17.1. The fourth-order valence-electron chi connectivity index (χ4n) is 3.03. The van der Waals surface area contributed by atoms with Gasteiger partial charge in [-0.3, -0.25) is 4.98 Å². The van der Waals surface area contributed by atoms with Crippen molar-refractivity contribution in [1.82, 2.24) is 25.1 Å². The highest BCUT2D eigenvalue weighted by Crippen LogP contribution is 2.25. The number of aryl methyl sites for hydroxylation is 1. The second-order valence-corrected chi connectivity index (χ2v) is 5.96. The second kappa shape index (κ2) is 6.72. The molecule has 7 nitrogen and oxygen atoms in total. The maximum absolute atomic E-state index is 12.4. The van der Waals surface area contributed by atoms with Gasteiger partial charge in [-0.25, -0.2) is 14.5 Å². The smallest absolute Gasteiger partial charge is 0.319 e. The Kier molecular flexibility index (Phi) is 4.12. The first-order valence-electron chi connectivity index (χ1n) is 8.24. The number of urea groups is 1. The molecule has 1 atom stereocenters. The number of carbonyl (C=O) groups excluding carboxylic acids is 1. The van der Waals surface area contributed by atoms with Crippen LogP contribution >= 0.6 is 0 Å². The first-order chi connectivity index (χ1) is 12.3. The number of hydrogen-bond acceptors (Lipinski definition) is 4. The van der Waals surface area contributed by atoms with Gasteiger partial charge in [-0.1, -0.05) is 30.3 Å². The van der Waals surface area contributed by atoms with Crippen LogP contribution in [-0.4, -0.2) is 31.8 Å². The molecule has 0 fully saturated rings. The van der Waals surface area contributed by atoms with Crippen LogP contribution in [0, 0.1) is 0 Å². The molecule has 0 aliphatic carbocycles. The topological polar surface area (TPSA) is 84.7 Å². The standard InChI is InChI=1S/C18H18N6O/c25-18(22-14-8-9-16-20-12-21-24(16)11-14)23-15-7-4-10-19-17(15)13-5-2-1-3-6-13/h1-7,10,12,14H,8-9,11H2,(H2,22,23,25)/t14-/m1/s1. The average molecular weight is 334 g/mol. The fraction of sp³-hybridized carbons (Fsp3) is 0.222. The van der Waals surface area contributed by atoms with Crippen molar-refractivity contribution < 1.29 is 4.79 Å². The molecule has 25 heavy (non-hydrogen) atoms. The van der Waals surface area contributed by atoms with Gasteiger partial charge in [-0.2, -0.15) is 5.10 Å². The molecule has 3 heterocycles. The van der Waals surface area contributed by atoms with Crippen LogP contribution in [0.15, 0.2) is 55.0 Å². The van der Waals surface area contributed by atoms with E-state index in [2.05, 4.69) is 25.7 Å². The molecule has 1 aliphatic heterocycles. The van der Waals surface area contributed by atoms with Gasteiger partial charge in [0.05, 0.1) is 24.0 Å². The van der Waals surface area contributed by atoms with Gasteiger partial charge in [-0.15, -0.1) is 0 Å². The van der Waals surface area contributed by atoms with E-state index in [-0.39, 0.29) is 12.1 Å². The number of fused-ring (bicyclic) bond motifs is 1. The van der Waals surface area contributed by atoms with Crippen molar-refractivity contribution in [2.24, 2.45) is 0 Å². The molecule has 4 rings (SSSR count). The fourth-order valence-corrected chi connectivity index (χ4v) is 3.03. The molecule has 0 unspecified atom stereocenters. The third kappa shape index (κ3) is 3.35. The highest BCUT2D eigenvalue weighted by Gasteiger charge is 2.21. The van der Waals surface area contributed by atoms with E-state index in [4.69, 9.17) is 0 Å². The summed E-state index contributed by atoms with van der Waals surface area (Å²) in [5.41, 5.74) is 2.40. The zero-order valence-electron chi connectivity index (χ0n) is 13.6. The number of carbonyl (C=O) groups is 1. The minimum absolute atomic E-state index is 0.0334. The van der Waals surface area contributed by atoms with Crippen molar-refractivity contribution in [2.75, 3.05) is 5.32 Å². The van der Waals surface area contributed by atoms with Gasteiger partial charge < -0.3 is 10.6 Å². The van der Waals surface area contributed by atoms with Gasteiger partial charge in [0.25, 0.3) is 0 Å². The number of hydrogen-bond donors (Lipinski definition) is 2. The van der Waals surface area contributed by atoms with Gasteiger partial charge >= 0.3 is 6.03 Å². The van der Waals surface area contributed by atoms with Crippen molar-refractivity contribution in [3.05, 3.63) is 60.8 Å². The molecule has 1 aromatic carbocycles. The third-order valence-corrected chi connectivity index (χ3v) is 4.24. The summed E-state index contributed by atoms with van der Waals surface area (Å²) in [5.74, 6) is 0.970. The molecular formula is C18H18N6O. The number of amides is 2. The Morgan fingerprint density at radius 3 is 2.88 bits per heavy atom. The summed E-state index contributed by atoms with van der Waals surface area (Å²) in [4.78, 5) is 21.0. The number of rotatable bonds is 3. The summed E-state index contributed by atoms with van der Waals surface area (Å²) in [5, 5.41) is 10.1. The average Bonchev–Trinajstić information content (AvgIpc) is 3.10. The van der Waals surface area contributed by atoms with Crippen LogP contribution in [0.4, 0.5) is 10.5 Å². The van der Waals surface area contributed by atoms with E-state index in [1.807, 2.05) is 47.1 Å². The van der Waals surface area contributed by atoms with Gasteiger partial charge in [0, 0.05) is 18.2 Å². The number of nitrogens with one attached hydrogen (secondary N) is 2. The molecular weight excluding hydrogens is 316 g/mol. The predicted octanol–water partition coefficient (Wildman–Crippen LogP) is 2.48. The van der Waals surface area contributed by atoms with Crippen LogP contribution in [0.25, 0.3) is 11.3 Å². The molecule has 0 bridgehead atoms. The van der Waals surface area contributed by atoms with E-state index in [1.54, 1.807) is 12.5 Å². The Morgan fingerprint density at radius 1 is 1.12 bits per heavy atom. The number of aromatic nitrogens is 4. The summed E-state index contributed by atoms with van der Waals surface area (Å²) < 4.78 is 1.84. The summed E-state index contributed by atoms with van der Waals surface area (Å²) in [7, 11) is 0. The van der Waals surface area contributed by atoms with Gasteiger partial charge in [0.1, 0.15) is 12.2 Å². The van der Waals surface area contributed by atoms with Crippen molar-refractivity contribution >= 4 is 11.7 Å². The van der Waals surface area contributed by atoms with Crippen LogP contribution in [-0.2, 0) is 13.0 Å². The first-order valence-corrected chi connectivity index (χ1v) is 8.24. The van der Waals surface area contributed by atoms with Gasteiger partial charge in [0.2, 0.25) is 0 Å².